The van der Waals surface area contributed by atoms with Gasteiger partial charge < -0.3 is 96.3 Å². The number of primary amides is 1. The zero-order chi connectivity index (χ0) is 63.3. The van der Waals surface area contributed by atoms with Gasteiger partial charge in [-0.2, -0.15) is 0 Å². The largest absolute Gasteiger partial charge is 0.481 e. The first-order chi connectivity index (χ1) is 38.8. The average molecular weight is 1180 g/mol. The molecule has 0 heterocycles. The molecule has 0 fully saturated rings. The lowest BCUT2D eigenvalue weighted by atomic mass is 10.00. The minimum atomic E-state index is -1.99. The van der Waals surface area contributed by atoms with Crippen LogP contribution >= 0.6 is 0 Å². The molecule has 0 bridgehead atoms. The molecule has 0 saturated heterocycles. The zero-order valence-electron chi connectivity index (χ0n) is 46.5. The minimum absolute atomic E-state index is 0.0300. The van der Waals surface area contributed by atoms with E-state index in [2.05, 4.69) is 52.8 Å². The number of aliphatic hydroxyl groups is 1. The number of aliphatic hydroxyl groups excluding tert-OH is 1. The van der Waals surface area contributed by atoms with Crippen LogP contribution in [0.3, 0.4) is 0 Å². The van der Waals surface area contributed by atoms with Gasteiger partial charge in [-0.15, -0.1) is 0 Å². The van der Waals surface area contributed by atoms with E-state index in [4.69, 9.17) is 22.9 Å². The van der Waals surface area contributed by atoms with Crippen LogP contribution in [0.25, 0.3) is 0 Å². The molecular formula is C50H78N14O19. The molecule has 33 heteroatoms. The summed E-state index contributed by atoms with van der Waals surface area (Å²) in [5.41, 5.74) is 22.1. The van der Waals surface area contributed by atoms with E-state index >= 15 is 0 Å². The number of carboxylic acids is 4. The Bertz CT molecular complexity index is 2490. The molecule has 1 aromatic carbocycles. The molecule has 462 valence electrons. The van der Waals surface area contributed by atoms with Crippen molar-refractivity contribution >= 4 is 88.9 Å². The molecule has 0 aliphatic carbocycles. The van der Waals surface area contributed by atoms with Gasteiger partial charge in [0.25, 0.3) is 0 Å². The highest BCUT2D eigenvalue weighted by Gasteiger charge is 2.37. The Morgan fingerprint density at radius 2 is 0.940 bits per heavy atom. The van der Waals surface area contributed by atoms with Crippen LogP contribution in [0.15, 0.2) is 35.3 Å². The predicted octanol–water partition coefficient (Wildman–Crippen LogP) is -6.15. The summed E-state index contributed by atoms with van der Waals surface area (Å²) in [5.74, 6) is -18.6. The summed E-state index contributed by atoms with van der Waals surface area (Å²) in [7, 11) is 0. The highest BCUT2D eigenvalue weighted by molar-refractivity contribution is 6.00. The Morgan fingerprint density at radius 1 is 0.494 bits per heavy atom. The Labute approximate surface area is 476 Å². The maximum absolute atomic E-state index is 13.9. The van der Waals surface area contributed by atoms with Crippen LogP contribution < -0.4 is 70.8 Å². The van der Waals surface area contributed by atoms with Crippen molar-refractivity contribution in [2.24, 2.45) is 39.8 Å². The quantitative estimate of drug-likeness (QED) is 0.0166. The molecule has 0 aliphatic rings. The Morgan fingerprint density at radius 3 is 1.43 bits per heavy atom. The SMILES string of the molecule is CC(C)CC(NC(=O)C(CC(N)=O)NC(=O)C(NC(=O)C(CCC(=O)O)NC(=O)C(N)CO)C(C)C)C(=O)NC(CC(=O)O)C(=O)NC(C)C(=O)NC(CCC(=O)O)C(=O)NC(Cc1ccccc1)C(=O)NC(CCCN=C(N)N)C(=O)O. The molecule has 22 N–H and O–H groups in total. The number of aliphatic carboxylic acids is 4. The Kier molecular flexibility index (Phi) is 31.5. The summed E-state index contributed by atoms with van der Waals surface area (Å²) in [4.78, 5) is 185. The number of aliphatic imine (C=N–C) groups is 1. The number of nitrogens with zero attached hydrogens (tertiary/aromatic N) is 1. The number of carboxylic acid groups (broad SMARTS) is 4. The lowest BCUT2D eigenvalue weighted by Gasteiger charge is -2.28. The van der Waals surface area contributed by atoms with Gasteiger partial charge in [-0.3, -0.25) is 67.3 Å². The van der Waals surface area contributed by atoms with Crippen LogP contribution in [0.5, 0.6) is 0 Å². The third-order valence-electron chi connectivity index (χ3n) is 12.0. The second-order valence-electron chi connectivity index (χ2n) is 19.9. The van der Waals surface area contributed by atoms with Crippen molar-refractivity contribution in [3.63, 3.8) is 0 Å². The summed E-state index contributed by atoms with van der Waals surface area (Å²) in [5, 5.41) is 68.2. The number of hydrogen-bond acceptors (Lipinski definition) is 17. The molecule has 10 amide bonds. The molecule has 0 spiro atoms. The number of benzene rings is 1. The van der Waals surface area contributed by atoms with Gasteiger partial charge in [0, 0.05) is 25.8 Å². The maximum atomic E-state index is 13.9. The molecule has 10 unspecified atom stereocenters. The van der Waals surface area contributed by atoms with E-state index in [0.29, 0.717) is 5.56 Å². The smallest absolute Gasteiger partial charge is 0.326 e. The van der Waals surface area contributed by atoms with Crippen LogP contribution in [-0.2, 0) is 73.5 Å². The number of nitrogens with one attached hydrogen (secondary N) is 9. The predicted molar refractivity (Wildman–Crippen MR) is 290 cm³/mol. The number of guanidine groups is 1. The third kappa shape index (κ3) is 28.3. The van der Waals surface area contributed by atoms with Gasteiger partial charge in [0.05, 0.1) is 19.4 Å². The van der Waals surface area contributed by atoms with Crippen molar-refractivity contribution in [3.8, 4) is 0 Å². The van der Waals surface area contributed by atoms with Crippen LogP contribution in [0.1, 0.15) is 98.0 Å². The highest BCUT2D eigenvalue weighted by atomic mass is 16.4. The lowest BCUT2D eigenvalue weighted by molar-refractivity contribution is -0.143. The normalized spacial score (nSPS) is 14.6. The molecule has 1 aromatic rings. The molecule has 0 radical (unpaired) electrons. The van der Waals surface area contributed by atoms with Crippen LogP contribution in [0.4, 0.5) is 0 Å². The molecule has 1 rings (SSSR count). The van der Waals surface area contributed by atoms with Crippen molar-refractivity contribution in [3.05, 3.63) is 35.9 Å². The van der Waals surface area contributed by atoms with Gasteiger partial charge in [-0.25, -0.2) is 4.79 Å². The van der Waals surface area contributed by atoms with E-state index in [1.54, 1.807) is 44.2 Å². The minimum Gasteiger partial charge on any atom is -0.481 e. The van der Waals surface area contributed by atoms with E-state index in [-0.39, 0.29) is 38.2 Å². The Hall–Kier alpha value is -9.01. The van der Waals surface area contributed by atoms with Gasteiger partial charge in [-0.05, 0) is 56.4 Å². The molecule has 33 nitrogen and oxygen atoms in total. The van der Waals surface area contributed by atoms with Gasteiger partial charge in [-0.1, -0.05) is 58.0 Å². The van der Waals surface area contributed by atoms with Crippen molar-refractivity contribution < 1.29 is 92.7 Å². The topological polar surface area (TPSA) is 565 Å². The first kappa shape index (κ1) is 72.0. The molecule has 10 atom stereocenters. The second kappa shape index (κ2) is 36.4. The zero-order valence-corrected chi connectivity index (χ0v) is 46.5. The van der Waals surface area contributed by atoms with Gasteiger partial charge in [0.1, 0.15) is 60.4 Å². The number of amides is 10. The summed E-state index contributed by atoms with van der Waals surface area (Å²) in [6.45, 7) is 6.40. The molecule has 0 aliphatic heterocycles. The van der Waals surface area contributed by atoms with Gasteiger partial charge in [0.15, 0.2) is 5.96 Å². The fourth-order valence-electron chi connectivity index (χ4n) is 7.57. The number of hydrogen-bond donors (Lipinski definition) is 18. The van der Waals surface area contributed by atoms with Gasteiger partial charge >= 0.3 is 23.9 Å². The van der Waals surface area contributed by atoms with Crippen LogP contribution in [0.2, 0.25) is 0 Å². The highest BCUT2D eigenvalue weighted by Crippen LogP contribution is 2.12. The van der Waals surface area contributed by atoms with Crippen molar-refractivity contribution in [1.29, 1.82) is 0 Å². The fraction of sp³-hybridized carbons (Fsp3) is 0.580. The van der Waals surface area contributed by atoms with Gasteiger partial charge in [0.2, 0.25) is 59.1 Å². The van der Waals surface area contributed by atoms with Crippen LogP contribution in [0, 0.1) is 11.8 Å². The number of rotatable bonds is 39. The van der Waals surface area contributed by atoms with Crippen molar-refractivity contribution in [2.75, 3.05) is 13.2 Å². The molecule has 83 heavy (non-hydrogen) atoms. The first-order valence-corrected chi connectivity index (χ1v) is 26.1. The van der Waals surface area contributed by atoms with E-state index in [9.17, 15) is 92.7 Å². The maximum Gasteiger partial charge on any atom is 0.326 e. The number of nitrogens with two attached hydrogens (primary N) is 4. The molecule has 0 aromatic heterocycles. The number of carbonyl (C=O) groups excluding carboxylic acids is 10. The van der Waals surface area contributed by atoms with E-state index < -0.39 is 200 Å². The first-order valence-electron chi connectivity index (χ1n) is 26.1. The summed E-state index contributed by atoms with van der Waals surface area (Å²) in [6.07, 6.45) is -4.91. The second-order valence-corrected chi connectivity index (χ2v) is 19.9. The molecule has 0 saturated carbocycles. The summed E-state index contributed by atoms with van der Waals surface area (Å²) >= 11 is 0. The summed E-state index contributed by atoms with van der Waals surface area (Å²) < 4.78 is 0. The van der Waals surface area contributed by atoms with E-state index in [0.717, 1.165) is 6.92 Å². The monoisotopic (exact) mass is 1180 g/mol. The Balaban J connectivity index is 3.43. The van der Waals surface area contributed by atoms with Crippen LogP contribution in [-0.4, -0.2) is 188 Å². The number of carbonyl (C=O) groups is 14. The standard InChI is InChI=1S/C50H78N14O19/c1-23(2)18-31(60-47(80)33(20-35(52)66)63-48(81)39(24(3)4)64-43(76)29(14-16-37(69)70)58-41(74)27(51)22-65)45(78)62-34(21-38(71)72)44(77)56-25(5)40(73)57-28(13-15-36(67)68)42(75)61-32(19-26-10-7-6-8-11-26)46(79)59-30(49(82)83)12-9-17-55-50(53)54/h6-8,10-11,23-25,27-34,39,65H,9,12-22,51H2,1-5H3,(H2,52,66)(H,56,77)(H,57,73)(H,58,74)(H,59,79)(H,60,80)(H,61,75)(H,62,78)(H,63,81)(H,64,76)(H,67,68)(H,69,70)(H,71,72)(H,82,83)(H4,53,54,55). The van der Waals surface area contributed by atoms with E-state index in [1.807, 2.05) is 0 Å². The van der Waals surface area contributed by atoms with E-state index in [1.165, 1.54) is 13.8 Å². The van der Waals surface area contributed by atoms with Crippen molar-refractivity contribution in [2.45, 2.75) is 159 Å². The lowest BCUT2D eigenvalue weighted by Crippen LogP contribution is -2.61. The molecular weight excluding hydrogens is 1100 g/mol. The average Bonchev–Trinajstić information content (AvgIpc) is 3.56. The van der Waals surface area contributed by atoms with Crippen molar-refractivity contribution in [1.82, 2.24) is 47.9 Å². The fourth-order valence-corrected chi connectivity index (χ4v) is 7.57. The summed E-state index contributed by atoms with van der Waals surface area (Å²) in [6, 6.07) is -8.40. The third-order valence-corrected chi connectivity index (χ3v) is 12.0.